The molecule has 0 radical (unpaired) electrons. The van der Waals surface area contributed by atoms with Gasteiger partial charge in [-0.05, 0) is 87.1 Å². The molecule has 2 aromatic rings. The molecule has 1 aliphatic carbocycles. The van der Waals surface area contributed by atoms with Crippen molar-refractivity contribution < 1.29 is 28.5 Å². The van der Waals surface area contributed by atoms with Gasteiger partial charge in [0.2, 0.25) is 0 Å². The van der Waals surface area contributed by atoms with E-state index in [1.807, 2.05) is 0 Å². The highest BCUT2D eigenvalue weighted by Crippen LogP contribution is 2.26. The van der Waals surface area contributed by atoms with Crippen LogP contribution >= 0.6 is 0 Å². The van der Waals surface area contributed by atoms with Gasteiger partial charge in [0, 0.05) is 0 Å². The number of carbonyl (C=O) groups is 2. The van der Waals surface area contributed by atoms with E-state index in [1.165, 1.54) is 0 Å². The molecule has 1 aliphatic rings. The fourth-order valence-corrected chi connectivity index (χ4v) is 3.75. The van der Waals surface area contributed by atoms with Gasteiger partial charge >= 0.3 is 11.9 Å². The van der Waals surface area contributed by atoms with E-state index in [0.29, 0.717) is 50.0 Å². The third kappa shape index (κ3) is 8.08. The summed E-state index contributed by atoms with van der Waals surface area (Å²) < 4.78 is 22.6. The molecule has 0 heterocycles. The Morgan fingerprint density at radius 3 is 1.32 bits per heavy atom. The van der Waals surface area contributed by atoms with E-state index in [1.54, 1.807) is 48.5 Å². The van der Waals surface area contributed by atoms with Gasteiger partial charge in [0.1, 0.15) is 23.7 Å². The Morgan fingerprint density at radius 1 is 0.647 bits per heavy atom. The molecule has 6 nitrogen and oxygen atoms in total. The maximum atomic E-state index is 12.5. The summed E-state index contributed by atoms with van der Waals surface area (Å²) in [5.41, 5.74) is 1.03. The van der Waals surface area contributed by atoms with Crippen LogP contribution in [0.15, 0.2) is 48.5 Å². The molecule has 0 saturated heterocycles. The average molecular weight is 469 g/mol. The van der Waals surface area contributed by atoms with Crippen molar-refractivity contribution in [1.29, 1.82) is 0 Å². The molecule has 0 aliphatic heterocycles. The first-order valence-corrected chi connectivity index (χ1v) is 12.5. The van der Waals surface area contributed by atoms with Crippen LogP contribution in [0.1, 0.15) is 85.9 Å². The van der Waals surface area contributed by atoms with Gasteiger partial charge in [-0.1, -0.05) is 26.7 Å². The van der Waals surface area contributed by atoms with Gasteiger partial charge in [0.25, 0.3) is 0 Å². The number of rotatable bonds is 12. The quantitative estimate of drug-likeness (QED) is 0.266. The van der Waals surface area contributed by atoms with Crippen LogP contribution in [0.2, 0.25) is 0 Å². The van der Waals surface area contributed by atoms with E-state index in [4.69, 9.17) is 18.9 Å². The number of ether oxygens (including phenoxy) is 4. The van der Waals surface area contributed by atoms with Crippen molar-refractivity contribution in [3.8, 4) is 11.5 Å². The highest BCUT2D eigenvalue weighted by atomic mass is 16.6. The molecule has 0 unspecified atom stereocenters. The lowest BCUT2D eigenvalue weighted by Crippen LogP contribution is -2.29. The Labute approximate surface area is 202 Å². The van der Waals surface area contributed by atoms with Crippen molar-refractivity contribution in [3.63, 3.8) is 0 Å². The SMILES string of the molecule is CCCCOc1ccc(C(=O)OC2CCC(OC(=O)c3ccc(OCCCC)cc3)CC2)cc1. The summed E-state index contributed by atoms with van der Waals surface area (Å²) >= 11 is 0. The Morgan fingerprint density at radius 2 is 1.00 bits per heavy atom. The Balaban J connectivity index is 1.39. The van der Waals surface area contributed by atoms with Crippen LogP contribution in [0.5, 0.6) is 11.5 Å². The summed E-state index contributed by atoms with van der Waals surface area (Å²) in [6, 6.07) is 14.1. The zero-order valence-corrected chi connectivity index (χ0v) is 20.3. The van der Waals surface area contributed by atoms with Crippen molar-refractivity contribution in [2.45, 2.75) is 77.4 Å². The normalized spacial score (nSPS) is 17.6. The zero-order valence-electron chi connectivity index (χ0n) is 20.3. The van der Waals surface area contributed by atoms with Crippen molar-refractivity contribution >= 4 is 11.9 Å². The van der Waals surface area contributed by atoms with E-state index in [0.717, 1.165) is 37.2 Å². The lowest BCUT2D eigenvalue weighted by molar-refractivity contribution is -0.0108. The van der Waals surface area contributed by atoms with Gasteiger partial charge in [0.05, 0.1) is 24.3 Å². The molecular formula is C28H36O6. The number of hydrogen-bond acceptors (Lipinski definition) is 6. The smallest absolute Gasteiger partial charge is 0.338 e. The van der Waals surface area contributed by atoms with Gasteiger partial charge < -0.3 is 18.9 Å². The van der Waals surface area contributed by atoms with Crippen molar-refractivity contribution in [2.24, 2.45) is 0 Å². The Hall–Kier alpha value is -3.02. The summed E-state index contributed by atoms with van der Waals surface area (Å²) in [7, 11) is 0. The molecule has 0 spiro atoms. The topological polar surface area (TPSA) is 71.1 Å². The Bertz CT molecular complexity index is 807. The minimum Gasteiger partial charge on any atom is -0.494 e. The fourth-order valence-electron chi connectivity index (χ4n) is 3.75. The largest absolute Gasteiger partial charge is 0.494 e. The van der Waals surface area contributed by atoms with Crippen LogP contribution in [0.4, 0.5) is 0 Å². The molecule has 2 aromatic carbocycles. The van der Waals surface area contributed by atoms with Crippen molar-refractivity contribution in [1.82, 2.24) is 0 Å². The fraction of sp³-hybridized carbons (Fsp3) is 0.500. The third-order valence-electron chi connectivity index (χ3n) is 5.88. The summed E-state index contributed by atoms with van der Waals surface area (Å²) in [6.45, 7) is 5.58. The lowest BCUT2D eigenvalue weighted by atomic mass is 9.95. The minimum absolute atomic E-state index is 0.164. The summed E-state index contributed by atoms with van der Waals surface area (Å²) in [4.78, 5) is 25.0. The molecule has 0 atom stereocenters. The first kappa shape index (κ1) is 25.6. The number of unbranched alkanes of at least 4 members (excludes halogenated alkanes) is 2. The molecule has 1 fully saturated rings. The van der Waals surface area contributed by atoms with Gasteiger partial charge in [0.15, 0.2) is 0 Å². The van der Waals surface area contributed by atoms with Gasteiger partial charge in [-0.3, -0.25) is 0 Å². The number of esters is 2. The molecule has 0 bridgehead atoms. The van der Waals surface area contributed by atoms with Crippen molar-refractivity contribution in [2.75, 3.05) is 13.2 Å². The second-order valence-corrected chi connectivity index (χ2v) is 8.66. The van der Waals surface area contributed by atoms with E-state index < -0.39 is 0 Å². The maximum absolute atomic E-state index is 12.5. The average Bonchev–Trinajstić information content (AvgIpc) is 2.86. The number of hydrogen-bond donors (Lipinski definition) is 0. The molecule has 3 rings (SSSR count). The molecule has 0 N–H and O–H groups in total. The minimum atomic E-state index is -0.332. The van der Waals surface area contributed by atoms with Crippen LogP contribution in [-0.4, -0.2) is 37.4 Å². The highest BCUT2D eigenvalue weighted by Gasteiger charge is 2.27. The standard InChI is InChI=1S/C28H36O6/c1-3-5-19-31-23-11-7-21(8-12-23)27(29)33-25-15-17-26(18-16-25)34-28(30)22-9-13-24(14-10-22)32-20-6-4-2/h7-14,25-26H,3-6,15-20H2,1-2H3. The number of benzene rings is 2. The predicted octanol–water partition coefficient (Wildman–Crippen LogP) is 6.37. The summed E-state index contributed by atoms with van der Waals surface area (Å²) in [5, 5.41) is 0. The third-order valence-corrected chi connectivity index (χ3v) is 5.88. The molecule has 184 valence electrons. The Kier molecular flexibility index (Phi) is 10.3. The van der Waals surface area contributed by atoms with E-state index in [-0.39, 0.29) is 24.1 Å². The van der Waals surface area contributed by atoms with E-state index in [9.17, 15) is 9.59 Å². The van der Waals surface area contributed by atoms with Crippen LogP contribution in [0.25, 0.3) is 0 Å². The molecule has 0 aromatic heterocycles. The molecule has 0 amide bonds. The van der Waals surface area contributed by atoms with E-state index >= 15 is 0 Å². The van der Waals surface area contributed by atoms with E-state index in [2.05, 4.69) is 13.8 Å². The molecule has 6 heteroatoms. The monoisotopic (exact) mass is 468 g/mol. The van der Waals surface area contributed by atoms with Crippen LogP contribution in [0, 0.1) is 0 Å². The lowest BCUT2D eigenvalue weighted by Gasteiger charge is -2.28. The van der Waals surface area contributed by atoms with Crippen LogP contribution in [0.3, 0.4) is 0 Å². The summed E-state index contributed by atoms with van der Waals surface area (Å²) in [6.07, 6.45) is 6.52. The predicted molar refractivity (Wildman–Crippen MR) is 131 cm³/mol. The molecular weight excluding hydrogens is 432 g/mol. The van der Waals surface area contributed by atoms with Gasteiger partial charge in [-0.2, -0.15) is 0 Å². The highest BCUT2D eigenvalue weighted by molar-refractivity contribution is 5.90. The van der Waals surface area contributed by atoms with Crippen molar-refractivity contribution in [3.05, 3.63) is 59.7 Å². The van der Waals surface area contributed by atoms with Gasteiger partial charge in [-0.25, -0.2) is 9.59 Å². The first-order chi connectivity index (χ1) is 16.6. The first-order valence-electron chi connectivity index (χ1n) is 12.5. The second-order valence-electron chi connectivity index (χ2n) is 8.66. The maximum Gasteiger partial charge on any atom is 0.338 e. The second kappa shape index (κ2) is 13.6. The van der Waals surface area contributed by atoms with Gasteiger partial charge in [-0.15, -0.1) is 0 Å². The molecule has 1 saturated carbocycles. The number of carbonyl (C=O) groups excluding carboxylic acids is 2. The van der Waals surface area contributed by atoms with Crippen LogP contribution < -0.4 is 9.47 Å². The van der Waals surface area contributed by atoms with Crippen LogP contribution in [-0.2, 0) is 9.47 Å². The molecule has 34 heavy (non-hydrogen) atoms. The summed E-state index contributed by atoms with van der Waals surface area (Å²) in [5.74, 6) is 0.848. The zero-order chi connectivity index (χ0) is 24.2.